The number of benzene rings is 9. The standard InChI is InChI=1S/C57H36N4S/c1-4-17-37(18-5-1)41-33-42(38-19-6-2-7-20-38)35-43(34-41)57-59-55(39-21-8-3-9-22-39)58-56(60-57)40-31-32-48-53(36-40)62-52-30-16-26-47(54(48)52)46-25-12-15-29-51(46)61-49-27-13-10-23-44(49)45-24-11-14-28-50(45)61/h1-36H. The van der Waals surface area contributed by atoms with Crippen LogP contribution in [0.5, 0.6) is 0 Å². The first-order chi connectivity index (χ1) is 30.7. The van der Waals surface area contributed by atoms with Crippen LogP contribution < -0.4 is 0 Å². The van der Waals surface area contributed by atoms with Crippen molar-refractivity contribution >= 4 is 53.3 Å². The molecule has 0 saturated heterocycles. The molecule has 0 N–H and O–H groups in total. The summed E-state index contributed by atoms with van der Waals surface area (Å²) >= 11 is 1.81. The lowest BCUT2D eigenvalue weighted by Crippen LogP contribution is -2.00. The Labute approximate surface area is 362 Å². The van der Waals surface area contributed by atoms with E-state index in [-0.39, 0.29) is 0 Å². The third-order valence-electron chi connectivity index (χ3n) is 11.8. The maximum absolute atomic E-state index is 5.26. The first-order valence-corrected chi connectivity index (χ1v) is 21.7. The number of hydrogen-bond donors (Lipinski definition) is 0. The number of fused-ring (bicyclic) bond motifs is 6. The fourth-order valence-corrected chi connectivity index (χ4v) is 10.1. The lowest BCUT2D eigenvalue weighted by Gasteiger charge is -2.15. The number of nitrogens with zero attached hydrogens (tertiary/aromatic N) is 4. The van der Waals surface area contributed by atoms with Crippen molar-refractivity contribution < 1.29 is 0 Å². The van der Waals surface area contributed by atoms with Gasteiger partial charge in [0.05, 0.1) is 16.7 Å². The first kappa shape index (κ1) is 35.9. The molecule has 5 heteroatoms. The van der Waals surface area contributed by atoms with Crippen LogP contribution in [0, 0.1) is 0 Å². The molecular formula is C57H36N4S. The highest BCUT2D eigenvalue weighted by atomic mass is 32.1. The topological polar surface area (TPSA) is 43.6 Å². The molecule has 3 aromatic heterocycles. The number of aromatic nitrogens is 4. The minimum atomic E-state index is 0.629. The second-order valence-corrected chi connectivity index (χ2v) is 16.7. The molecule has 3 heterocycles. The molecule has 12 aromatic rings. The Hall–Kier alpha value is -7.99. The lowest BCUT2D eigenvalue weighted by molar-refractivity contribution is 1.07. The summed E-state index contributed by atoms with van der Waals surface area (Å²) in [5.74, 6) is 1.90. The predicted octanol–water partition coefficient (Wildman–Crippen LogP) is 15.3. The van der Waals surface area contributed by atoms with E-state index in [1.807, 2.05) is 29.5 Å². The van der Waals surface area contributed by atoms with Gasteiger partial charge in [-0.2, -0.15) is 0 Å². The molecule has 4 nitrogen and oxygen atoms in total. The van der Waals surface area contributed by atoms with Gasteiger partial charge in [0.25, 0.3) is 0 Å². The van der Waals surface area contributed by atoms with Crippen molar-refractivity contribution in [3.8, 4) is 73.2 Å². The van der Waals surface area contributed by atoms with E-state index in [2.05, 4.69) is 205 Å². The van der Waals surface area contributed by atoms with Gasteiger partial charge in [-0.05, 0) is 76.3 Å². The molecule has 0 aliphatic heterocycles. The highest BCUT2D eigenvalue weighted by Crippen LogP contribution is 2.44. The van der Waals surface area contributed by atoms with Crippen molar-refractivity contribution in [3.63, 3.8) is 0 Å². The molecule has 0 radical (unpaired) electrons. The van der Waals surface area contributed by atoms with E-state index < -0.39 is 0 Å². The summed E-state index contributed by atoms with van der Waals surface area (Å²) in [6, 6.07) is 77.5. The van der Waals surface area contributed by atoms with Crippen molar-refractivity contribution in [3.05, 3.63) is 218 Å². The van der Waals surface area contributed by atoms with Crippen molar-refractivity contribution in [1.82, 2.24) is 19.5 Å². The van der Waals surface area contributed by atoms with E-state index in [0.29, 0.717) is 17.5 Å². The normalized spacial score (nSPS) is 11.5. The van der Waals surface area contributed by atoms with Gasteiger partial charge >= 0.3 is 0 Å². The molecular weight excluding hydrogens is 773 g/mol. The molecule has 0 aliphatic carbocycles. The Kier molecular flexibility index (Phi) is 8.65. The monoisotopic (exact) mass is 808 g/mol. The van der Waals surface area contributed by atoms with Crippen molar-refractivity contribution in [1.29, 1.82) is 0 Å². The fourth-order valence-electron chi connectivity index (χ4n) is 8.97. The van der Waals surface area contributed by atoms with Crippen molar-refractivity contribution in [2.24, 2.45) is 0 Å². The van der Waals surface area contributed by atoms with Crippen LogP contribution in [-0.4, -0.2) is 19.5 Å². The number of rotatable bonds is 7. The van der Waals surface area contributed by atoms with Crippen molar-refractivity contribution in [2.45, 2.75) is 0 Å². The molecule has 0 aliphatic rings. The van der Waals surface area contributed by atoms with Gasteiger partial charge < -0.3 is 4.57 Å². The maximum atomic E-state index is 5.26. The Morgan fingerprint density at radius 1 is 0.306 bits per heavy atom. The fraction of sp³-hybridized carbons (Fsp3) is 0. The van der Waals surface area contributed by atoms with Crippen LogP contribution in [0.2, 0.25) is 0 Å². The van der Waals surface area contributed by atoms with Gasteiger partial charge in [0.2, 0.25) is 0 Å². The SMILES string of the molecule is c1ccc(-c2cc(-c3ccccc3)cc(-c3nc(-c4ccccc4)nc(-c4ccc5c(c4)sc4cccc(-c6ccccc6-n6c7ccccc7c7ccccc76)c45)n3)c2)cc1. The average molecular weight is 809 g/mol. The van der Waals surface area contributed by atoms with Crippen LogP contribution in [0.15, 0.2) is 218 Å². The van der Waals surface area contributed by atoms with Crippen LogP contribution in [0.3, 0.4) is 0 Å². The molecule has 12 rings (SSSR count). The number of para-hydroxylation sites is 3. The van der Waals surface area contributed by atoms with Gasteiger partial charge in [-0.1, -0.05) is 170 Å². The molecule has 290 valence electrons. The zero-order valence-corrected chi connectivity index (χ0v) is 34.3. The summed E-state index contributed by atoms with van der Waals surface area (Å²) in [5.41, 5.74) is 13.2. The minimum absolute atomic E-state index is 0.629. The summed E-state index contributed by atoms with van der Waals surface area (Å²) in [4.78, 5) is 15.6. The molecule has 0 fully saturated rings. The van der Waals surface area contributed by atoms with Gasteiger partial charge in [-0.15, -0.1) is 11.3 Å². The van der Waals surface area contributed by atoms with Crippen molar-refractivity contribution in [2.75, 3.05) is 0 Å². The predicted molar refractivity (Wildman–Crippen MR) is 260 cm³/mol. The summed E-state index contributed by atoms with van der Waals surface area (Å²) in [6.07, 6.45) is 0. The van der Waals surface area contributed by atoms with Crippen LogP contribution >= 0.6 is 11.3 Å². The average Bonchev–Trinajstić information content (AvgIpc) is 3.90. The molecule has 9 aromatic carbocycles. The number of hydrogen-bond acceptors (Lipinski definition) is 4. The Morgan fingerprint density at radius 2 is 0.806 bits per heavy atom. The van der Waals surface area contributed by atoms with E-state index in [9.17, 15) is 0 Å². The quantitative estimate of drug-likeness (QED) is 0.161. The van der Waals surface area contributed by atoms with Crippen LogP contribution in [0.4, 0.5) is 0 Å². The highest BCUT2D eigenvalue weighted by Gasteiger charge is 2.20. The molecule has 0 spiro atoms. The molecule has 62 heavy (non-hydrogen) atoms. The lowest BCUT2D eigenvalue weighted by atomic mass is 9.96. The van der Waals surface area contributed by atoms with Crippen LogP contribution in [0.25, 0.3) is 115 Å². The molecule has 0 amide bonds. The smallest absolute Gasteiger partial charge is 0.164 e. The van der Waals surface area contributed by atoms with Gasteiger partial charge in [0, 0.05) is 53.2 Å². The zero-order valence-electron chi connectivity index (χ0n) is 33.5. The first-order valence-electron chi connectivity index (χ1n) is 20.8. The Balaban J connectivity index is 1.02. The molecule has 0 bridgehead atoms. The molecule has 0 unspecified atom stereocenters. The molecule has 0 atom stereocenters. The summed E-state index contributed by atoms with van der Waals surface area (Å²) in [6.45, 7) is 0. The van der Waals surface area contributed by atoms with E-state index in [1.165, 1.54) is 53.1 Å². The summed E-state index contributed by atoms with van der Waals surface area (Å²) in [7, 11) is 0. The highest BCUT2D eigenvalue weighted by molar-refractivity contribution is 7.26. The van der Waals surface area contributed by atoms with Gasteiger partial charge in [-0.3, -0.25) is 0 Å². The molecule has 0 saturated carbocycles. The minimum Gasteiger partial charge on any atom is -0.309 e. The number of thiophene rings is 1. The van der Waals surface area contributed by atoms with Gasteiger partial charge in [0.15, 0.2) is 17.5 Å². The Morgan fingerprint density at radius 3 is 1.45 bits per heavy atom. The zero-order chi connectivity index (χ0) is 41.0. The van der Waals surface area contributed by atoms with Crippen LogP contribution in [0.1, 0.15) is 0 Å². The van der Waals surface area contributed by atoms with Gasteiger partial charge in [0.1, 0.15) is 0 Å². The van der Waals surface area contributed by atoms with Crippen LogP contribution in [-0.2, 0) is 0 Å². The van der Waals surface area contributed by atoms with Gasteiger partial charge in [-0.25, -0.2) is 15.0 Å². The summed E-state index contributed by atoms with van der Waals surface area (Å²) < 4.78 is 4.84. The van der Waals surface area contributed by atoms with E-state index in [4.69, 9.17) is 15.0 Å². The summed E-state index contributed by atoms with van der Waals surface area (Å²) in [5, 5.41) is 4.96. The van der Waals surface area contributed by atoms with E-state index in [0.717, 1.165) is 44.6 Å². The second-order valence-electron chi connectivity index (χ2n) is 15.6. The third-order valence-corrected chi connectivity index (χ3v) is 13.0. The van der Waals surface area contributed by atoms with E-state index in [1.54, 1.807) is 0 Å². The maximum Gasteiger partial charge on any atom is 0.164 e. The third kappa shape index (κ3) is 6.18. The second kappa shape index (κ2) is 14.9. The Bertz CT molecular complexity index is 3520. The van der Waals surface area contributed by atoms with E-state index >= 15 is 0 Å². The largest absolute Gasteiger partial charge is 0.309 e.